The van der Waals surface area contributed by atoms with Crippen LogP contribution >= 0.6 is 0 Å². The maximum absolute atomic E-state index is 13.2. The smallest absolute Gasteiger partial charge is 0.242 e. The highest BCUT2D eigenvalue weighted by molar-refractivity contribution is 7.92. The number of carbonyl (C=O) groups is 2. The molecule has 0 aliphatic rings. The standard InChI is InChI=1S/C26H37N3O5S/c1-6-34-24-16-14-23(15-17-24)29(35(5,32)33)18-10-13-25(30)28(19-22-11-8-7-9-12-22)21(4)26(31)27-20(2)3/h7-9,11-12,14-17,20-21H,6,10,13,18-19H2,1-5H3,(H,27,31). The molecule has 0 radical (unpaired) electrons. The van der Waals surface area contributed by atoms with Crippen LogP contribution in [0.25, 0.3) is 0 Å². The Kier molecular flexibility index (Phi) is 10.6. The second-order valence-electron chi connectivity index (χ2n) is 8.71. The van der Waals surface area contributed by atoms with Crippen LogP contribution in [-0.4, -0.2) is 56.6 Å². The Bertz CT molecular complexity index is 1060. The molecule has 0 aliphatic heterocycles. The van der Waals surface area contributed by atoms with E-state index in [4.69, 9.17) is 4.74 Å². The fraction of sp³-hybridized carbons (Fsp3) is 0.462. The number of benzene rings is 2. The fourth-order valence-corrected chi connectivity index (χ4v) is 4.61. The van der Waals surface area contributed by atoms with E-state index in [-0.39, 0.29) is 30.8 Å². The summed E-state index contributed by atoms with van der Waals surface area (Å²) < 4.78 is 31.6. The summed E-state index contributed by atoms with van der Waals surface area (Å²) in [6.45, 7) is 8.28. The van der Waals surface area contributed by atoms with Crippen LogP contribution in [0.5, 0.6) is 5.75 Å². The van der Waals surface area contributed by atoms with Crippen LogP contribution in [0.3, 0.4) is 0 Å². The molecule has 1 N–H and O–H groups in total. The first kappa shape index (κ1) is 28.2. The maximum atomic E-state index is 13.2. The third kappa shape index (κ3) is 8.90. The first-order valence-corrected chi connectivity index (χ1v) is 13.7. The van der Waals surface area contributed by atoms with Crippen LogP contribution in [0, 0.1) is 0 Å². The molecule has 2 aromatic rings. The first-order chi connectivity index (χ1) is 16.5. The van der Waals surface area contributed by atoms with E-state index >= 15 is 0 Å². The largest absolute Gasteiger partial charge is 0.494 e. The molecule has 1 unspecified atom stereocenters. The Morgan fingerprint density at radius 2 is 1.63 bits per heavy atom. The zero-order chi connectivity index (χ0) is 26.0. The Morgan fingerprint density at radius 3 is 2.17 bits per heavy atom. The highest BCUT2D eigenvalue weighted by Gasteiger charge is 2.27. The second kappa shape index (κ2) is 13.1. The van der Waals surface area contributed by atoms with E-state index in [1.165, 1.54) is 4.31 Å². The molecule has 0 bridgehead atoms. The summed E-state index contributed by atoms with van der Waals surface area (Å²) in [6, 6.07) is 15.6. The Hall–Kier alpha value is -3.07. The summed E-state index contributed by atoms with van der Waals surface area (Å²) in [6.07, 6.45) is 1.56. The number of rotatable bonds is 13. The molecule has 0 aliphatic carbocycles. The molecule has 0 heterocycles. The van der Waals surface area contributed by atoms with Crippen molar-refractivity contribution < 1.29 is 22.7 Å². The van der Waals surface area contributed by atoms with E-state index in [1.54, 1.807) is 36.1 Å². The summed E-state index contributed by atoms with van der Waals surface area (Å²) in [7, 11) is -3.55. The number of hydrogen-bond donors (Lipinski definition) is 1. The molecule has 9 heteroatoms. The van der Waals surface area contributed by atoms with Gasteiger partial charge in [-0.15, -0.1) is 0 Å². The second-order valence-corrected chi connectivity index (χ2v) is 10.6. The van der Waals surface area contributed by atoms with E-state index < -0.39 is 16.1 Å². The van der Waals surface area contributed by atoms with E-state index in [9.17, 15) is 18.0 Å². The highest BCUT2D eigenvalue weighted by Crippen LogP contribution is 2.22. The highest BCUT2D eigenvalue weighted by atomic mass is 32.2. The number of nitrogens with zero attached hydrogens (tertiary/aromatic N) is 2. The van der Waals surface area contributed by atoms with Crippen molar-refractivity contribution >= 4 is 27.5 Å². The number of carbonyl (C=O) groups excluding carboxylic acids is 2. The van der Waals surface area contributed by atoms with Gasteiger partial charge in [-0.2, -0.15) is 0 Å². The first-order valence-electron chi connectivity index (χ1n) is 11.9. The molecule has 2 amide bonds. The Balaban J connectivity index is 2.12. The van der Waals surface area contributed by atoms with E-state index in [2.05, 4.69) is 5.32 Å². The molecular weight excluding hydrogens is 466 g/mol. The van der Waals surface area contributed by atoms with Crippen molar-refractivity contribution in [1.82, 2.24) is 10.2 Å². The molecule has 0 saturated heterocycles. The summed E-state index contributed by atoms with van der Waals surface area (Å²) in [5.41, 5.74) is 1.42. The van der Waals surface area contributed by atoms with Crippen molar-refractivity contribution in [2.45, 2.75) is 59.2 Å². The molecule has 2 aromatic carbocycles. The van der Waals surface area contributed by atoms with Crippen LogP contribution in [0.4, 0.5) is 5.69 Å². The van der Waals surface area contributed by atoms with E-state index in [0.29, 0.717) is 31.0 Å². The van der Waals surface area contributed by atoms with Crippen LogP contribution < -0.4 is 14.4 Å². The van der Waals surface area contributed by atoms with Gasteiger partial charge in [-0.3, -0.25) is 13.9 Å². The normalized spacial score (nSPS) is 12.2. The van der Waals surface area contributed by atoms with Crippen LogP contribution in [0.15, 0.2) is 54.6 Å². The lowest BCUT2D eigenvalue weighted by molar-refractivity contribution is -0.140. The van der Waals surface area contributed by atoms with Crippen LogP contribution in [-0.2, 0) is 26.2 Å². The fourth-order valence-electron chi connectivity index (χ4n) is 3.65. The molecular formula is C26H37N3O5S. The van der Waals surface area contributed by atoms with Gasteiger partial charge in [0.1, 0.15) is 11.8 Å². The minimum absolute atomic E-state index is 0.0453. The summed E-state index contributed by atoms with van der Waals surface area (Å²) in [4.78, 5) is 27.4. The van der Waals surface area contributed by atoms with Gasteiger partial charge in [-0.05, 0) is 63.9 Å². The molecule has 2 rings (SSSR count). The van der Waals surface area contributed by atoms with Crippen LogP contribution in [0.2, 0.25) is 0 Å². The molecule has 1 atom stereocenters. The minimum Gasteiger partial charge on any atom is -0.494 e. The lowest BCUT2D eigenvalue weighted by Crippen LogP contribution is -2.49. The van der Waals surface area contributed by atoms with Crippen molar-refractivity contribution in [2.24, 2.45) is 0 Å². The van der Waals surface area contributed by atoms with Crippen molar-refractivity contribution in [3.8, 4) is 5.75 Å². The predicted molar refractivity (Wildman–Crippen MR) is 139 cm³/mol. The van der Waals surface area contributed by atoms with Gasteiger partial charge in [0.15, 0.2) is 0 Å². The number of nitrogens with one attached hydrogen (secondary N) is 1. The predicted octanol–water partition coefficient (Wildman–Crippen LogP) is 3.57. The van der Waals surface area contributed by atoms with Gasteiger partial charge in [-0.1, -0.05) is 30.3 Å². The van der Waals surface area contributed by atoms with Gasteiger partial charge in [0.05, 0.1) is 18.6 Å². The van der Waals surface area contributed by atoms with Gasteiger partial charge in [0.25, 0.3) is 0 Å². The number of amides is 2. The molecule has 35 heavy (non-hydrogen) atoms. The lowest BCUT2D eigenvalue weighted by atomic mass is 10.1. The van der Waals surface area contributed by atoms with Gasteiger partial charge < -0.3 is 15.0 Å². The van der Waals surface area contributed by atoms with Crippen molar-refractivity contribution in [2.75, 3.05) is 23.7 Å². The topological polar surface area (TPSA) is 96.0 Å². The molecule has 0 aromatic heterocycles. The Labute approximate surface area is 209 Å². The monoisotopic (exact) mass is 503 g/mol. The molecule has 0 spiro atoms. The quantitative estimate of drug-likeness (QED) is 0.451. The molecule has 8 nitrogen and oxygen atoms in total. The number of ether oxygens (including phenoxy) is 1. The van der Waals surface area contributed by atoms with Crippen molar-refractivity contribution in [3.63, 3.8) is 0 Å². The van der Waals surface area contributed by atoms with Crippen molar-refractivity contribution in [1.29, 1.82) is 0 Å². The molecule has 0 fully saturated rings. The number of sulfonamides is 1. The van der Waals surface area contributed by atoms with Crippen LogP contribution in [0.1, 0.15) is 46.1 Å². The summed E-state index contributed by atoms with van der Waals surface area (Å²) >= 11 is 0. The summed E-state index contributed by atoms with van der Waals surface area (Å²) in [5, 5.41) is 2.86. The van der Waals surface area contributed by atoms with E-state index in [1.807, 2.05) is 51.1 Å². The zero-order valence-electron chi connectivity index (χ0n) is 21.2. The molecule has 0 saturated carbocycles. The minimum atomic E-state index is -3.55. The molecule has 192 valence electrons. The van der Waals surface area contributed by atoms with Gasteiger partial charge in [-0.25, -0.2) is 8.42 Å². The van der Waals surface area contributed by atoms with Gasteiger partial charge in [0, 0.05) is 25.6 Å². The number of hydrogen-bond acceptors (Lipinski definition) is 5. The maximum Gasteiger partial charge on any atom is 0.242 e. The third-order valence-electron chi connectivity index (χ3n) is 5.38. The van der Waals surface area contributed by atoms with Gasteiger partial charge in [0.2, 0.25) is 21.8 Å². The lowest BCUT2D eigenvalue weighted by Gasteiger charge is -2.30. The SMILES string of the molecule is CCOc1ccc(N(CCCC(=O)N(Cc2ccccc2)C(C)C(=O)NC(C)C)S(C)(=O)=O)cc1. The third-order valence-corrected chi connectivity index (χ3v) is 6.58. The van der Waals surface area contributed by atoms with Gasteiger partial charge >= 0.3 is 0 Å². The Morgan fingerprint density at radius 1 is 1.00 bits per heavy atom. The van der Waals surface area contributed by atoms with E-state index in [0.717, 1.165) is 11.8 Å². The summed E-state index contributed by atoms with van der Waals surface area (Å²) in [5.74, 6) is 0.224. The number of anilines is 1. The zero-order valence-corrected chi connectivity index (χ0v) is 22.0. The van der Waals surface area contributed by atoms with Crippen molar-refractivity contribution in [3.05, 3.63) is 60.2 Å². The average Bonchev–Trinajstić information content (AvgIpc) is 2.80. The average molecular weight is 504 g/mol.